The van der Waals surface area contributed by atoms with Gasteiger partial charge in [0.05, 0.1) is 5.92 Å². The average Bonchev–Trinajstić information content (AvgIpc) is 2.10. The van der Waals surface area contributed by atoms with E-state index in [1.807, 2.05) is 0 Å². The third-order valence-corrected chi connectivity index (χ3v) is 2.16. The van der Waals surface area contributed by atoms with E-state index in [2.05, 4.69) is 6.92 Å². The van der Waals surface area contributed by atoms with E-state index in [0.29, 0.717) is 19.6 Å². The SMILES string of the molecule is CCCCOCCC(CCl)C(=O)O. The standard InChI is InChI=1S/C9H17ClO3/c1-2-3-5-13-6-4-8(7-10)9(11)12/h8H,2-7H2,1H3,(H,11,12). The van der Waals surface area contributed by atoms with Gasteiger partial charge in [-0.2, -0.15) is 0 Å². The molecule has 0 saturated heterocycles. The molecule has 0 aliphatic carbocycles. The highest BCUT2D eigenvalue weighted by atomic mass is 35.5. The van der Waals surface area contributed by atoms with Gasteiger partial charge in [0.2, 0.25) is 0 Å². The molecule has 1 unspecified atom stereocenters. The second-order valence-corrected chi connectivity index (χ2v) is 3.25. The van der Waals surface area contributed by atoms with Crippen molar-refractivity contribution in [3.8, 4) is 0 Å². The lowest BCUT2D eigenvalue weighted by atomic mass is 10.1. The molecule has 0 aromatic carbocycles. The van der Waals surface area contributed by atoms with Gasteiger partial charge < -0.3 is 9.84 Å². The number of carbonyl (C=O) groups is 1. The van der Waals surface area contributed by atoms with Crippen LogP contribution < -0.4 is 0 Å². The summed E-state index contributed by atoms with van der Waals surface area (Å²) >= 11 is 5.47. The van der Waals surface area contributed by atoms with Crippen LogP contribution in [0, 0.1) is 5.92 Å². The van der Waals surface area contributed by atoms with Crippen molar-refractivity contribution in [1.29, 1.82) is 0 Å². The van der Waals surface area contributed by atoms with Crippen LogP contribution in [0.25, 0.3) is 0 Å². The minimum atomic E-state index is -0.839. The van der Waals surface area contributed by atoms with E-state index in [9.17, 15) is 4.79 Å². The van der Waals surface area contributed by atoms with Crippen LogP contribution in [0.4, 0.5) is 0 Å². The van der Waals surface area contributed by atoms with Crippen molar-refractivity contribution < 1.29 is 14.6 Å². The van der Waals surface area contributed by atoms with Crippen molar-refractivity contribution in [1.82, 2.24) is 0 Å². The largest absolute Gasteiger partial charge is 0.481 e. The molecule has 0 aromatic heterocycles. The lowest BCUT2D eigenvalue weighted by molar-refractivity contribution is -0.141. The van der Waals surface area contributed by atoms with Crippen LogP contribution in [0.3, 0.4) is 0 Å². The number of carboxylic acids is 1. The van der Waals surface area contributed by atoms with Gasteiger partial charge in [0.15, 0.2) is 0 Å². The highest BCUT2D eigenvalue weighted by Gasteiger charge is 2.15. The molecule has 0 aromatic rings. The molecule has 13 heavy (non-hydrogen) atoms. The molecule has 4 heteroatoms. The molecule has 0 fully saturated rings. The molecule has 78 valence electrons. The maximum atomic E-state index is 10.5. The fraction of sp³-hybridized carbons (Fsp3) is 0.889. The quantitative estimate of drug-likeness (QED) is 0.491. The lowest BCUT2D eigenvalue weighted by Crippen LogP contribution is -2.17. The van der Waals surface area contributed by atoms with Crippen LogP contribution in [0.15, 0.2) is 0 Å². The fourth-order valence-corrected chi connectivity index (χ4v) is 1.13. The van der Waals surface area contributed by atoms with E-state index in [1.54, 1.807) is 0 Å². The summed E-state index contributed by atoms with van der Waals surface area (Å²) in [5, 5.41) is 8.64. The van der Waals surface area contributed by atoms with Crippen LogP contribution in [-0.2, 0) is 9.53 Å². The molecule has 0 heterocycles. The van der Waals surface area contributed by atoms with E-state index in [1.165, 1.54) is 0 Å². The number of rotatable bonds is 8. The Morgan fingerprint density at radius 3 is 2.69 bits per heavy atom. The number of ether oxygens (including phenoxy) is 1. The molecule has 3 nitrogen and oxygen atoms in total. The van der Waals surface area contributed by atoms with E-state index in [-0.39, 0.29) is 5.88 Å². The number of unbranched alkanes of at least 4 members (excludes halogenated alkanes) is 1. The number of hydrogen-bond acceptors (Lipinski definition) is 2. The van der Waals surface area contributed by atoms with Crippen LogP contribution in [0.1, 0.15) is 26.2 Å². The average molecular weight is 209 g/mol. The van der Waals surface area contributed by atoms with E-state index < -0.39 is 11.9 Å². The molecule has 1 atom stereocenters. The highest BCUT2D eigenvalue weighted by molar-refractivity contribution is 6.19. The molecular weight excluding hydrogens is 192 g/mol. The summed E-state index contributed by atoms with van der Waals surface area (Å²) in [7, 11) is 0. The minimum Gasteiger partial charge on any atom is -0.481 e. The first-order chi connectivity index (χ1) is 6.22. The number of aliphatic carboxylic acids is 1. The van der Waals surface area contributed by atoms with Gasteiger partial charge in [-0.1, -0.05) is 13.3 Å². The molecule has 0 amide bonds. The zero-order valence-electron chi connectivity index (χ0n) is 7.96. The van der Waals surface area contributed by atoms with Crippen LogP contribution >= 0.6 is 11.6 Å². The minimum absolute atomic E-state index is 0.159. The van der Waals surface area contributed by atoms with Crippen molar-refractivity contribution >= 4 is 17.6 Å². The molecule has 0 radical (unpaired) electrons. The highest BCUT2D eigenvalue weighted by Crippen LogP contribution is 2.06. The van der Waals surface area contributed by atoms with E-state index in [4.69, 9.17) is 21.4 Å². The van der Waals surface area contributed by atoms with E-state index >= 15 is 0 Å². The maximum Gasteiger partial charge on any atom is 0.307 e. The zero-order valence-corrected chi connectivity index (χ0v) is 8.72. The maximum absolute atomic E-state index is 10.5. The van der Waals surface area contributed by atoms with Gasteiger partial charge >= 0.3 is 5.97 Å². The van der Waals surface area contributed by atoms with Crippen LogP contribution in [0.2, 0.25) is 0 Å². The Morgan fingerprint density at radius 1 is 1.54 bits per heavy atom. The van der Waals surface area contributed by atoms with E-state index in [0.717, 1.165) is 12.8 Å². The van der Waals surface area contributed by atoms with Gasteiger partial charge in [0.1, 0.15) is 0 Å². The van der Waals surface area contributed by atoms with Crippen LogP contribution in [0.5, 0.6) is 0 Å². The fourth-order valence-electron chi connectivity index (χ4n) is 0.841. The monoisotopic (exact) mass is 208 g/mol. The summed E-state index contributed by atoms with van der Waals surface area (Å²) in [5.41, 5.74) is 0. The zero-order chi connectivity index (χ0) is 10.1. The molecule has 0 saturated carbocycles. The number of carboxylic acid groups (broad SMARTS) is 1. The van der Waals surface area contributed by atoms with Crippen molar-refractivity contribution in [3.63, 3.8) is 0 Å². The summed E-state index contributed by atoms with van der Waals surface area (Å²) in [4.78, 5) is 10.5. The molecule has 0 spiro atoms. The van der Waals surface area contributed by atoms with Gasteiger partial charge in [-0.05, 0) is 12.8 Å². The molecule has 0 rings (SSSR count). The van der Waals surface area contributed by atoms with Crippen molar-refractivity contribution in [2.75, 3.05) is 19.1 Å². The summed E-state index contributed by atoms with van der Waals surface area (Å²) in [6, 6.07) is 0. The summed E-state index contributed by atoms with van der Waals surface area (Å²) in [5.74, 6) is -1.15. The van der Waals surface area contributed by atoms with Crippen molar-refractivity contribution in [3.05, 3.63) is 0 Å². The first-order valence-corrected chi connectivity index (χ1v) is 5.12. The Labute approximate surface area is 84.0 Å². The second-order valence-electron chi connectivity index (χ2n) is 2.94. The van der Waals surface area contributed by atoms with Crippen molar-refractivity contribution in [2.24, 2.45) is 5.92 Å². The smallest absolute Gasteiger partial charge is 0.307 e. The normalized spacial score (nSPS) is 12.8. The summed E-state index contributed by atoms with van der Waals surface area (Å²) in [6.45, 7) is 3.29. The van der Waals surface area contributed by atoms with Gasteiger partial charge in [-0.3, -0.25) is 4.79 Å². The summed E-state index contributed by atoms with van der Waals surface area (Å²) < 4.78 is 5.23. The van der Waals surface area contributed by atoms with Gasteiger partial charge in [0, 0.05) is 19.1 Å². The Hall–Kier alpha value is -0.280. The number of alkyl halides is 1. The third kappa shape index (κ3) is 6.84. The van der Waals surface area contributed by atoms with Crippen molar-refractivity contribution in [2.45, 2.75) is 26.2 Å². The molecular formula is C9H17ClO3. The Bertz CT molecular complexity index is 139. The second kappa shape index (κ2) is 8.32. The van der Waals surface area contributed by atoms with Gasteiger partial charge in [-0.25, -0.2) is 0 Å². The Balaban J connectivity index is 3.33. The van der Waals surface area contributed by atoms with Gasteiger partial charge in [-0.15, -0.1) is 11.6 Å². The third-order valence-electron chi connectivity index (χ3n) is 1.79. The number of hydrogen-bond donors (Lipinski definition) is 1. The molecule has 0 bridgehead atoms. The predicted octanol–water partition coefficient (Wildman–Crippen LogP) is 2.13. The topological polar surface area (TPSA) is 46.5 Å². The molecule has 0 aliphatic heterocycles. The molecule has 0 aliphatic rings. The Kier molecular flexibility index (Phi) is 8.14. The summed E-state index contributed by atoms with van der Waals surface area (Å²) in [6.07, 6.45) is 2.62. The number of halogens is 1. The van der Waals surface area contributed by atoms with Gasteiger partial charge in [0.25, 0.3) is 0 Å². The van der Waals surface area contributed by atoms with Crippen LogP contribution in [-0.4, -0.2) is 30.2 Å². The predicted molar refractivity (Wildman–Crippen MR) is 52.2 cm³/mol. The molecule has 1 N–H and O–H groups in total. The lowest BCUT2D eigenvalue weighted by Gasteiger charge is -2.08. The Morgan fingerprint density at radius 2 is 2.23 bits per heavy atom. The first kappa shape index (κ1) is 12.7. The first-order valence-electron chi connectivity index (χ1n) is 4.58.